The van der Waals surface area contributed by atoms with Crippen molar-refractivity contribution in [2.75, 3.05) is 27.2 Å². The van der Waals surface area contributed by atoms with E-state index in [2.05, 4.69) is 30.9 Å². The first-order valence-corrected chi connectivity index (χ1v) is 6.93. The lowest BCUT2D eigenvalue weighted by atomic mass is 10.0. The Bertz CT molecular complexity index is 402. The fourth-order valence-corrected chi connectivity index (χ4v) is 2.55. The van der Waals surface area contributed by atoms with Gasteiger partial charge in [0.25, 0.3) is 0 Å². The number of rotatable bonds is 7. The van der Waals surface area contributed by atoms with Crippen molar-refractivity contribution in [1.82, 2.24) is 14.7 Å². The van der Waals surface area contributed by atoms with Crippen molar-refractivity contribution in [2.24, 2.45) is 18.7 Å². The third kappa shape index (κ3) is 3.48. The number of aromatic nitrogens is 2. The summed E-state index contributed by atoms with van der Waals surface area (Å²) in [6.45, 7) is 8.08. The molecule has 5 nitrogen and oxygen atoms in total. The Morgan fingerprint density at radius 1 is 1.47 bits per heavy atom. The highest BCUT2D eigenvalue weighted by atomic mass is 16.5. The number of aryl methyl sites for hydroxylation is 2. The first-order chi connectivity index (χ1) is 8.96. The van der Waals surface area contributed by atoms with Crippen molar-refractivity contribution in [3.05, 3.63) is 11.3 Å². The molecule has 19 heavy (non-hydrogen) atoms. The fraction of sp³-hybridized carbons (Fsp3) is 0.786. The first kappa shape index (κ1) is 16.0. The number of nitrogens with zero attached hydrogens (tertiary/aromatic N) is 3. The molecule has 1 heterocycles. The summed E-state index contributed by atoms with van der Waals surface area (Å²) in [5.41, 5.74) is 8.09. The Labute approximate surface area is 116 Å². The summed E-state index contributed by atoms with van der Waals surface area (Å²) in [7, 11) is 5.70. The Balaban J connectivity index is 3.02. The van der Waals surface area contributed by atoms with E-state index in [0.717, 1.165) is 23.7 Å². The molecular formula is C14H28N4O. The number of nitrogens with two attached hydrogens (primary N) is 1. The smallest absolute Gasteiger partial charge is 0.216 e. The van der Waals surface area contributed by atoms with E-state index in [4.69, 9.17) is 10.5 Å². The predicted molar refractivity (Wildman–Crippen MR) is 78.4 cm³/mol. The number of methoxy groups -OCH3 is 1. The molecule has 1 rings (SSSR count). The molecule has 2 unspecified atom stereocenters. The lowest BCUT2D eigenvalue weighted by molar-refractivity contribution is 0.210. The molecule has 2 atom stereocenters. The third-order valence-electron chi connectivity index (χ3n) is 3.79. The summed E-state index contributed by atoms with van der Waals surface area (Å²) in [5, 5.41) is 4.44. The van der Waals surface area contributed by atoms with E-state index in [9.17, 15) is 0 Å². The maximum atomic E-state index is 5.99. The molecule has 0 aromatic carbocycles. The Kier molecular flexibility index (Phi) is 5.82. The molecule has 110 valence electrons. The minimum Gasteiger partial charge on any atom is -0.481 e. The van der Waals surface area contributed by atoms with Crippen LogP contribution < -0.4 is 10.5 Å². The zero-order chi connectivity index (χ0) is 14.6. The second kappa shape index (κ2) is 6.91. The monoisotopic (exact) mass is 268 g/mol. The molecule has 2 N–H and O–H groups in total. The highest BCUT2D eigenvalue weighted by Gasteiger charge is 2.26. The lowest BCUT2D eigenvalue weighted by Crippen LogP contribution is -2.34. The van der Waals surface area contributed by atoms with Crippen molar-refractivity contribution < 1.29 is 4.74 Å². The van der Waals surface area contributed by atoms with Gasteiger partial charge in [-0.3, -0.25) is 4.90 Å². The van der Waals surface area contributed by atoms with Crippen LogP contribution in [-0.4, -0.2) is 41.9 Å². The molecule has 0 saturated carbocycles. The van der Waals surface area contributed by atoms with Crippen molar-refractivity contribution in [3.8, 4) is 5.88 Å². The van der Waals surface area contributed by atoms with Crippen LogP contribution in [0.3, 0.4) is 0 Å². The highest BCUT2D eigenvalue weighted by Crippen LogP contribution is 2.31. The van der Waals surface area contributed by atoms with Gasteiger partial charge in [-0.2, -0.15) is 5.10 Å². The van der Waals surface area contributed by atoms with Gasteiger partial charge in [0, 0.05) is 20.1 Å². The van der Waals surface area contributed by atoms with Gasteiger partial charge in [-0.25, -0.2) is 4.68 Å². The molecule has 0 bridgehead atoms. The Morgan fingerprint density at radius 3 is 2.58 bits per heavy atom. The van der Waals surface area contributed by atoms with Crippen LogP contribution in [0.1, 0.15) is 37.6 Å². The van der Waals surface area contributed by atoms with E-state index in [1.54, 1.807) is 11.8 Å². The molecule has 5 heteroatoms. The molecule has 0 amide bonds. The van der Waals surface area contributed by atoms with Gasteiger partial charge in [-0.05, 0) is 19.9 Å². The van der Waals surface area contributed by atoms with E-state index in [1.807, 2.05) is 14.0 Å². The van der Waals surface area contributed by atoms with E-state index in [-0.39, 0.29) is 6.04 Å². The molecule has 0 radical (unpaired) electrons. The topological polar surface area (TPSA) is 56.3 Å². The Morgan fingerprint density at radius 2 is 2.11 bits per heavy atom. The van der Waals surface area contributed by atoms with Crippen molar-refractivity contribution in [2.45, 2.75) is 33.2 Å². The van der Waals surface area contributed by atoms with Crippen LogP contribution in [-0.2, 0) is 7.05 Å². The van der Waals surface area contributed by atoms with Gasteiger partial charge >= 0.3 is 0 Å². The van der Waals surface area contributed by atoms with Crippen LogP contribution in [0.4, 0.5) is 0 Å². The van der Waals surface area contributed by atoms with Crippen molar-refractivity contribution in [1.29, 1.82) is 0 Å². The maximum Gasteiger partial charge on any atom is 0.216 e. The minimum atomic E-state index is 0.151. The highest BCUT2D eigenvalue weighted by molar-refractivity contribution is 5.34. The van der Waals surface area contributed by atoms with E-state index in [0.29, 0.717) is 12.5 Å². The number of likely N-dealkylation sites (N-methyl/N-ethyl adjacent to an activating group) is 1. The van der Waals surface area contributed by atoms with Gasteiger partial charge < -0.3 is 10.5 Å². The molecule has 0 aliphatic carbocycles. The molecule has 0 aliphatic heterocycles. The minimum absolute atomic E-state index is 0.151. The summed E-state index contributed by atoms with van der Waals surface area (Å²) < 4.78 is 7.26. The molecule has 1 aromatic heterocycles. The number of hydrogen-bond acceptors (Lipinski definition) is 4. The van der Waals surface area contributed by atoms with E-state index >= 15 is 0 Å². The van der Waals surface area contributed by atoms with Gasteiger partial charge in [-0.15, -0.1) is 0 Å². The van der Waals surface area contributed by atoms with Gasteiger partial charge in [0.15, 0.2) is 0 Å². The normalized spacial score (nSPS) is 14.7. The van der Waals surface area contributed by atoms with Crippen LogP contribution in [0.2, 0.25) is 0 Å². The molecular weight excluding hydrogens is 240 g/mol. The van der Waals surface area contributed by atoms with Gasteiger partial charge in [-0.1, -0.05) is 20.3 Å². The van der Waals surface area contributed by atoms with Crippen LogP contribution >= 0.6 is 0 Å². The third-order valence-corrected chi connectivity index (χ3v) is 3.79. The average molecular weight is 268 g/mol. The molecule has 0 saturated heterocycles. The quantitative estimate of drug-likeness (QED) is 0.818. The lowest BCUT2D eigenvalue weighted by Gasteiger charge is -2.29. The van der Waals surface area contributed by atoms with Crippen LogP contribution in [0, 0.1) is 12.8 Å². The molecule has 0 spiro atoms. The second-order valence-corrected chi connectivity index (χ2v) is 5.34. The van der Waals surface area contributed by atoms with Gasteiger partial charge in [0.05, 0.1) is 24.4 Å². The molecule has 0 aliphatic rings. The van der Waals surface area contributed by atoms with Crippen molar-refractivity contribution >= 4 is 0 Å². The van der Waals surface area contributed by atoms with E-state index < -0.39 is 0 Å². The largest absolute Gasteiger partial charge is 0.481 e. The molecule has 1 aromatic rings. The summed E-state index contributed by atoms with van der Waals surface area (Å²) in [5.74, 6) is 1.46. The van der Waals surface area contributed by atoms with Gasteiger partial charge in [0.2, 0.25) is 5.88 Å². The van der Waals surface area contributed by atoms with Crippen LogP contribution in [0.15, 0.2) is 0 Å². The Hall–Kier alpha value is -1.07. The number of hydrogen-bond donors (Lipinski definition) is 1. The van der Waals surface area contributed by atoms with E-state index in [1.165, 1.54) is 6.42 Å². The van der Waals surface area contributed by atoms with Crippen LogP contribution in [0.25, 0.3) is 0 Å². The predicted octanol–water partition coefficient (Wildman–Crippen LogP) is 1.71. The summed E-state index contributed by atoms with van der Waals surface area (Å²) in [6.07, 6.45) is 1.17. The second-order valence-electron chi connectivity index (χ2n) is 5.34. The average Bonchev–Trinajstić information content (AvgIpc) is 2.65. The first-order valence-electron chi connectivity index (χ1n) is 6.93. The summed E-state index contributed by atoms with van der Waals surface area (Å²) in [6, 6.07) is 0.151. The summed E-state index contributed by atoms with van der Waals surface area (Å²) >= 11 is 0. The van der Waals surface area contributed by atoms with Crippen molar-refractivity contribution in [3.63, 3.8) is 0 Å². The SMILES string of the molecule is CCC(C)CN(C)C(CN)c1c(C)nn(C)c1OC. The van der Waals surface area contributed by atoms with Gasteiger partial charge in [0.1, 0.15) is 0 Å². The number of ether oxygens (including phenoxy) is 1. The maximum absolute atomic E-state index is 5.99. The van der Waals surface area contributed by atoms with Crippen LogP contribution in [0.5, 0.6) is 5.88 Å². The standard InChI is InChI=1S/C14H28N4O/c1-7-10(2)9-17(4)12(8-15)13-11(3)16-18(5)14(13)19-6/h10,12H,7-9,15H2,1-6H3. The fourth-order valence-electron chi connectivity index (χ4n) is 2.55. The summed E-state index contributed by atoms with van der Waals surface area (Å²) in [4.78, 5) is 2.31. The molecule has 0 fully saturated rings. The zero-order valence-electron chi connectivity index (χ0n) is 13.1. The zero-order valence-corrected chi connectivity index (χ0v) is 13.1.